The summed E-state index contributed by atoms with van der Waals surface area (Å²) in [7, 11) is -2.87. The summed E-state index contributed by atoms with van der Waals surface area (Å²) in [6, 6.07) is 33.0. The highest BCUT2D eigenvalue weighted by Crippen LogP contribution is 2.37. The van der Waals surface area contributed by atoms with E-state index >= 15 is 0 Å². The van der Waals surface area contributed by atoms with E-state index in [1.165, 1.54) is 15.6 Å². The van der Waals surface area contributed by atoms with E-state index in [1.807, 2.05) is 0 Å². The first-order chi connectivity index (χ1) is 16.3. The Morgan fingerprint density at radius 2 is 1.03 bits per heavy atom. The first-order valence-corrected chi connectivity index (χ1v) is 14.2. The molecular formula is C30H35BO2Si. The van der Waals surface area contributed by atoms with Crippen LogP contribution in [0, 0.1) is 0 Å². The fraction of sp³-hybridized carbons (Fsp3) is 0.267. The lowest BCUT2D eigenvalue weighted by molar-refractivity contribution is 0.00578. The molecule has 4 rings (SSSR count). The van der Waals surface area contributed by atoms with E-state index in [9.17, 15) is 0 Å². The van der Waals surface area contributed by atoms with Crippen LogP contribution >= 0.6 is 0 Å². The number of allylic oxidation sites excluding steroid dienone is 3. The summed E-state index contributed by atoms with van der Waals surface area (Å²) in [6.07, 6.45) is 6.85. The third kappa shape index (κ3) is 4.50. The summed E-state index contributed by atoms with van der Waals surface area (Å²) in [5.41, 5.74) is -0.542. The summed E-state index contributed by atoms with van der Waals surface area (Å²) in [5, 5.41) is 4.15. The predicted molar refractivity (Wildman–Crippen MR) is 148 cm³/mol. The lowest BCUT2D eigenvalue weighted by atomic mass is 9.89. The first-order valence-electron chi connectivity index (χ1n) is 12.1. The van der Waals surface area contributed by atoms with Gasteiger partial charge in [0.25, 0.3) is 0 Å². The molecule has 2 nitrogen and oxygen atoms in total. The molecule has 34 heavy (non-hydrogen) atoms. The van der Waals surface area contributed by atoms with Crippen molar-refractivity contribution < 1.29 is 9.31 Å². The molecule has 0 aromatic heterocycles. The quantitative estimate of drug-likeness (QED) is 0.268. The van der Waals surface area contributed by atoms with Crippen molar-refractivity contribution in [2.24, 2.45) is 0 Å². The molecule has 1 fully saturated rings. The van der Waals surface area contributed by atoms with E-state index in [0.717, 1.165) is 0 Å². The van der Waals surface area contributed by atoms with Gasteiger partial charge in [-0.25, -0.2) is 0 Å². The van der Waals surface area contributed by atoms with Crippen LogP contribution in [0.3, 0.4) is 0 Å². The molecule has 1 unspecified atom stereocenters. The fourth-order valence-electron chi connectivity index (χ4n) is 4.92. The molecule has 3 aromatic carbocycles. The Hall–Kier alpha value is -2.66. The zero-order valence-electron chi connectivity index (χ0n) is 20.9. The van der Waals surface area contributed by atoms with Crippen LogP contribution in [-0.2, 0) is 9.31 Å². The maximum absolute atomic E-state index is 6.30. The average molecular weight is 467 g/mol. The van der Waals surface area contributed by atoms with Crippen molar-refractivity contribution in [1.29, 1.82) is 0 Å². The molecule has 0 spiro atoms. The van der Waals surface area contributed by atoms with Crippen LogP contribution < -0.4 is 15.6 Å². The second-order valence-corrected chi connectivity index (χ2v) is 14.0. The SMILES string of the molecule is C/C=C\C(/C=C/B1OC(C)(C)C(C)(C)O1)[Si](c1ccccc1)(c1ccccc1)c1ccccc1. The van der Waals surface area contributed by atoms with Crippen LogP contribution in [0.25, 0.3) is 0 Å². The van der Waals surface area contributed by atoms with Crippen LogP contribution in [0.2, 0.25) is 5.54 Å². The van der Waals surface area contributed by atoms with Crippen molar-refractivity contribution in [2.75, 3.05) is 0 Å². The largest absolute Gasteiger partial charge is 0.486 e. The molecule has 1 atom stereocenters. The van der Waals surface area contributed by atoms with Gasteiger partial charge in [-0.15, -0.1) is 0 Å². The van der Waals surface area contributed by atoms with Gasteiger partial charge in [0, 0.05) is 5.54 Å². The van der Waals surface area contributed by atoms with Gasteiger partial charge in [0.2, 0.25) is 0 Å². The van der Waals surface area contributed by atoms with Gasteiger partial charge in [0.1, 0.15) is 0 Å². The molecule has 1 heterocycles. The molecule has 0 aliphatic carbocycles. The lowest BCUT2D eigenvalue weighted by Gasteiger charge is -2.38. The van der Waals surface area contributed by atoms with E-state index in [0.29, 0.717) is 0 Å². The highest BCUT2D eigenvalue weighted by molar-refractivity contribution is 7.13. The summed E-state index contributed by atoms with van der Waals surface area (Å²) in [5.74, 6) is 2.12. The van der Waals surface area contributed by atoms with Gasteiger partial charge in [-0.1, -0.05) is 115 Å². The minimum Gasteiger partial charge on any atom is -0.400 e. The fourth-order valence-corrected chi connectivity index (χ4v) is 10.1. The summed E-state index contributed by atoms with van der Waals surface area (Å²) < 4.78 is 12.6. The Kier molecular flexibility index (Phi) is 7.13. The van der Waals surface area contributed by atoms with Crippen molar-refractivity contribution in [1.82, 2.24) is 0 Å². The third-order valence-corrected chi connectivity index (χ3v) is 12.5. The van der Waals surface area contributed by atoms with E-state index in [-0.39, 0.29) is 23.9 Å². The topological polar surface area (TPSA) is 18.5 Å². The smallest absolute Gasteiger partial charge is 0.400 e. The molecule has 1 saturated heterocycles. The Morgan fingerprint density at radius 3 is 1.38 bits per heavy atom. The molecule has 3 aromatic rings. The molecule has 1 aliphatic heterocycles. The molecule has 0 N–H and O–H groups in total. The molecule has 1 aliphatic rings. The number of benzene rings is 3. The van der Waals surface area contributed by atoms with E-state index in [2.05, 4.69) is 150 Å². The van der Waals surface area contributed by atoms with Crippen molar-refractivity contribution >= 4 is 30.8 Å². The Morgan fingerprint density at radius 1 is 0.647 bits per heavy atom. The highest BCUT2D eigenvalue weighted by Gasteiger charge is 2.50. The Balaban J connectivity index is 1.91. The number of hydrogen-bond acceptors (Lipinski definition) is 2. The van der Waals surface area contributed by atoms with E-state index in [4.69, 9.17) is 9.31 Å². The summed E-state index contributed by atoms with van der Waals surface area (Å²) >= 11 is 0. The maximum Gasteiger partial charge on any atom is 0.486 e. The van der Waals surface area contributed by atoms with Gasteiger partial charge in [-0.2, -0.15) is 0 Å². The maximum atomic E-state index is 6.30. The van der Waals surface area contributed by atoms with Crippen LogP contribution in [0.5, 0.6) is 0 Å². The van der Waals surface area contributed by atoms with Gasteiger partial charge in [0.05, 0.1) is 11.2 Å². The van der Waals surface area contributed by atoms with Gasteiger partial charge < -0.3 is 9.31 Å². The van der Waals surface area contributed by atoms with Crippen molar-refractivity contribution in [3.8, 4) is 0 Å². The zero-order valence-corrected chi connectivity index (χ0v) is 21.9. The molecule has 4 heteroatoms. The van der Waals surface area contributed by atoms with Crippen molar-refractivity contribution in [3.05, 3.63) is 115 Å². The molecule has 0 saturated carbocycles. The van der Waals surface area contributed by atoms with Gasteiger partial charge in [-0.05, 0) is 50.2 Å². The van der Waals surface area contributed by atoms with E-state index in [1.54, 1.807) is 0 Å². The third-order valence-electron chi connectivity index (χ3n) is 7.33. The minimum absolute atomic E-state index is 0.170. The molecular weight excluding hydrogens is 431 g/mol. The number of rotatable bonds is 7. The standard InChI is InChI=1S/C30H35BO2Si/c1-6-16-25(23-24-31-32-29(2,3)30(4,5)33-31)34(26-17-10-7-11-18-26,27-19-12-8-13-20-27)28-21-14-9-15-22-28/h6-25H,1-5H3/b16-6-,24-23+. The lowest BCUT2D eigenvalue weighted by Crippen LogP contribution is -2.69. The van der Waals surface area contributed by atoms with Gasteiger partial charge >= 0.3 is 7.12 Å². The van der Waals surface area contributed by atoms with E-state index < -0.39 is 8.07 Å². The Bertz CT molecular complexity index is 1010. The van der Waals surface area contributed by atoms with Crippen LogP contribution in [-0.4, -0.2) is 26.4 Å². The predicted octanol–water partition coefficient (Wildman–Crippen LogP) is 5.29. The monoisotopic (exact) mass is 466 g/mol. The van der Waals surface area contributed by atoms with Crippen molar-refractivity contribution in [3.63, 3.8) is 0 Å². The molecule has 0 radical (unpaired) electrons. The van der Waals surface area contributed by atoms with Gasteiger partial charge in [-0.3, -0.25) is 0 Å². The summed E-state index contributed by atoms with van der Waals surface area (Å²) in [4.78, 5) is 0. The second kappa shape index (κ2) is 9.91. The number of hydrogen-bond donors (Lipinski definition) is 0. The zero-order chi connectivity index (χ0) is 24.2. The molecule has 0 amide bonds. The summed E-state index contributed by atoms with van der Waals surface area (Å²) in [6.45, 7) is 10.5. The highest BCUT2D eigenvalue weighted by atomic mass is 28.3. The van der Waals surface area contributed by atoms with Gasteiger partial charge in [0.15, 0.2) is 8.07 Å². The molecule has 0 bridgehead atoms. The van der Waals surface area contributed by atoms with Crippen LogP contribution in [0.4, 0.5) is 0 Å². The first kappa shape index (κ1) is 24.5. The minimum atomic E-state index is -2.50. The van der Waals surface area contributed by atoms with Crippen molar-refractivity contribution in [2.45, 2.75) is 51.4 Å². The average Bonchev–Trinajstić information content (AvgIpc) is 3.06. The molecule has 174 valence electrons. The normalized spacial score (nSPS) is 18.6. The Labute approximate surface area is 206 Å². The van der Waals surface area contributed by atoms with Crippen LogP contribution in [0.15, 0.2) is 115 Å². The van der Waals surface area contributed by atoms with Crippen LogP contribution in [0.1, 0.15) is 34.6 Å². The second-order valence-electron chi connectivity index (χ2n) is 9.97.